The summed E-state index contributed by atoms with van der Waals surface area (Å²) in [6, 6.07) is 13.2. The second-order valence-corrected chi connectivity index (χ2v) is 7.43. The van der Waals surface area contributed by atoms with Crippen LogP contribution in [0.25, 0.3) is 0 Å². The molecule has 1 fully saturated rings. The second-order valence-electron chi connectivity index (χ2n) is 5.89. The minimum atomic E-state index is -0.848. The van der Waals surface area contributed by atoms with E-state index in [1.54, 1.807) is 13.2 Å². The molecule has 5 nitrogen and oxygen atoms in total. The van der Waals surface area contributed by atoms with Crippen molar-refractivity contribution < 1.29 is 19.4 Å². The lowest BCUT2D eigenvalue weighted by molar-refractivity contribution is -0.138. The van der Waals surface area contributed by atoms with Gasteiger partial charge in [0.1, 0.15) is 6.04 Å². The minimum Gasteiger partial charge on any atom is -0.493 e. The van der Waals surface area contributed by atoms with Crippen molar-refractivity contribution in [2.45, 2.75) is 17.8 Å². The monoisotopic (exact) mass is 393 g/mol. The normalized spacial score (nSPS) is 19.3. The number of hydrogen-bond donors (Lipinski definition) is 2. The third kappa shape index (κ3) is 4.44. The van der Waals surface area contributed by atoms with Gasteiger partial charge in [0.25, 0.3) is 0 Å². The molecule has 2 aromatic carbocycles. The summed E-state index contributed by atoms with van der Waals surface area (Å²) in [5, 5.41) is 12.5. The first-order valence-electron chi connectivity index (χ1n) is 8.23. The van der Waals surface area contributed by atoms with Gasteiger partial charge in [0.05, 0.1) is 24.1 Å². The molecule has 26 heavy (non-hydrogen) atoms. The third-order valence-corrected chi connectivity index (χ3v) is 5.66. The van der Waals surface area contributed by atoms with E-state index in [-0.39, 0.29) is 5.37 Å². The fourth-order valence-corrected chi connectivity index (χ4v) is 4.24. The van der Waals surface area contributed by atoms with E-state index in [2.05, 4.69) is 5.32 Å². The quantitative estimate of drug-likeness (QED) is 0.746. The highest BCUT2D eigenvalue weighted by Crippen LogP contribution is 2.41. The topological polar surface area (TPSA) is 67.8 Å². The van der Waals surface area contributed by atoms with Gasteiger partial charge in [-0.05, 0) is 23.3 Å². The van der Waals surface area contributed by atoms with Crippen molar-refractivity contribution in [2.75, 3.05) is 19.5 Å². The molecule has 2 aromatic rings. The Kier molecular flexibility index (Phi) is 6.29. The minimum absolute atomic E-state index is 0.138. The molecule has 138 valence electrons. The fraction of sp³-hybridized carbons (Fsp3) is 0.316. The zero-order chi connectivity index (χ0) is 18.5. The van der Waals surface area contributed by atoms with E-state index < -0.39 is 12.0 Å². The molecule has 0 radical (unpaired) electrons. The number of hydrogen-bond acceptors (Lipinski definition) is 5. The molecule has 0 aliphatic carbocycles. The molecule has 0 aromatic heterocycles. The summed E-state index contributed by atoms with van der Waals surface area (Å²) in [6.45, 7) is 0.483. The van der Waals surface area contributed by atoms with Gasteiger partial charge < -0.3 is 14.6 Å². The Morgan fingerprint density at radius 3 is 2.77 bits per heavy atom. The van der Waals surface area contributed by atoms with E-state index in [0.717, 1.165) is 12.0 Å². The van der Waals surface area contributed by atoms with E-state index >= 15 is 0 Å². The predicted molar refractivity (Wildman–Crippen MR) is 103 cm³/mol. The lowest BCUT2D eigenvalue weighted by Gasteiger charge is -2.17. The van der Waals surface area contributed by atoms with E-state index in [1.807, 2.05) is 36.4 Å². The zero-order valence-corrected chi connectivity index (χ0v) is 15.8. The van der Waals surface area contributed by atoms with Crippen molar-refractivity contribution in [1.29, 1.82) is 0 Å². The first-order chi connectivity index (χ1) is 12.6. The highest BCUT2D eigenvalue weighted by atomic mass is 35.5. The number of carboxylic acid groups (broad SMARTS) is 1. The first kappa shape index (κ1) is 18.9. The number of methoxy groups -OCH3 is 1. The molecule has 1 heterocycles. The molecule has 2 N–H and O–H groups in total. The molecular weight excluding hydrogens is 374 g/mol. The molecule has 0 spiro atoms. The van der Waals surface area contributed by atoms with E-state index in [4.69, 9.17) is 26.2 Å². The average Bonchev–Trinajstić information content (AvgIpc) is 3.14. The predicted octanol–water partition coefficient (Wildman–Crippen LogP) is 3.76. The van der Waals surface area contributed by atoms with Crippen LogP contribution in [0, 0.1) is 0 Å². The Labute approximate surface area is 161 Å². The molecular formula is C19H20ClNO4S. The molecule has 1 aliphatic heterocycles. The van der Waals surface area contributed by atoms with Gasteiger partial charge in [-0.1, -0.05) is 41.9 Å². The van der Waals surface area contributed by atoms with Gasteiger partial charge in [-0.25, -0.2) is 0 Å². The van der Waals surface area contributed by atoms with Crippen molar-refractivity contribution in [2.24, 2.45) is 0 Å². The first-order valence-corrected chi connectivity index (χ1v) is 9.65. The van der Waals surface area contributed by atoms with Crippen LogP contribution in [0.5, 0.6) is 11.5 Å². The van der Waals surface area contributed by atoms with Gasteiger partial charge in [-0.15, -0.1) is 11.8 Å². The van der Waals surface area contributed by atoms with Gasteiger partial charge in [0.2, 0.25) is 0 Å². The van der Waals surface area contributed by atoms with Crippen molar-refractivity contribution in [3.05, 3.63) is 58.6 Å². The Morgan fingerprint density at radius 2 is 2.12 bits per heavy atom. The summed E-state index contributed by atoms with van der Waals surface area (Å²) >= 11 is 7.95. The summed E-state index contributed by atoms with van der Waals surface area (Å²) in [5.74, 6) is 0.710. The molecule has 0 bridgehead atoms. The number of benzene rings is 2. The summed E-state index contributed by atoms with van der Waals surface area (Å²) in [4.78, 5) is 11.1. The summed E-state index contributed by atoms with van der Waals surface area (Å²) < 4.78 is 11.3. The van der Waals surface area contributed by atoms with Crippen LogP contribution in [0.2, 0.25) is 5.02 Å². The Balaban J connectivity index is 1.70. The van der Waals surface area contributed by atoms with Gasteiger partial charge in [0.15, 0.2) is 11.5 Å². The lowest BCUT2D eigenvalue weighted by atomic mass is 10.1. The van der Waals surface area contributed by atoms with Crippen molar-refractivity contribution in [3.63, 3.8) is 0 Å². The van der Waals surface area contributed by atoms with E-state index in [0.29, 0.717) is 28.9 Å². The van der Waals surface area contributed by atoms with Crippen LogP contribution < -0.4 is 14.8 Å². The van der Waals surface area contributed by atoms with Crippen LogP contribution in [0.15, 0.2) is 42.5 Å². The van der Waals surface area contributed by atoms with Crippen LogP contribution in [0.1, 0.15) is 16.5 Å². The van der Waals surface area contributed by atoms with Gasteiger partial charge >= 0.3 is 5.97 Å². The van der Waals surface area contributed by atoms with Crippen LogP contribution in [-0.2, 0) is 11.2 Å². The van der Waals surface area contributed by atoms with Crippen LogP contribution in [0.3, 0.4) is 0 Å². The van der Waals surface area contributed by atoms with Crippen LogP contribution in [0.4, 0.5) is 0 Å². The number of carboxylic acids is 1. The number of rotatable bonds is 7. The van der Waals surface area contributed by atoms with E-state index in [1.165, 1.54) is 17.3 Å². The molecule has 7 heteroatoms. The smallest absolute Gasteiger partial charge is 0.321 e. The Morgan fingerprint density at radius 1 is 1.35 bits per heavy atom. The molecule has 2 unspecified atom stereocenters. The summed E-state index contributed by atoms with van der Waals surface area (Å²) in [5.41, 5.74) is 2.06. The Bertz CT molecular complexity index is 772. The third-order valence-electron chi connectivity index (χ3n) is 4.11. The number of thioether (sulfide) groups is 1. The molecule has 3 rings (SSSR count). The molecule has 0 amide bonds. The number of aliphatic carboxylic acids is 1. The number of halogens is 1. The highest BCUT2D eigenvalue weighted by molar-refractivity contribution is 7.99. The SMILES string of the molecule is COc1cc(C2NC(C(=O)O)CS2)cc(Cl)c1OCCc1ccccc1. The Hall–Kier alpha value is -1.89. The average molecular weight is 394 g/mol. The second kappa shape index (κ2) is 8.66. The van der Waals surface area contributed by atoms with Gasteiger partial charge in [-0.3, -0.25) is 10.1 Å². The number of nitrogens with one attached hydrogen (secondary N) is 1. The molecule has 1 saturated heterocycles. The zero-order valence-electron chi connectivity index (χ0n) is 14.3. The summed E-state index contributed by atoms with van der Waals surface area (Å²) in [7, 11) is 1.56. The number of ether oxygens (including phenoxy) is 2. The lowest BCUT2D eigenvalue weighted by Crippen LogP contribution is -2.33. The van der Waals surface area contributed by atoms with Gasteiger partial charge in [0, 0.05) is 12.2 Å². The fourth-order valence-electron chi connectivity index (χ4n) is 2.75. The molecule has 2 atom stereocenters. The van der Waals surface area contributed by atoms with Crippen molar-refractivity contribution in [1.82, 2.24) is 5.32 Å². The van der Waals surface area contributed by atoms with E-state index in [9.17, 15) is 4.79 Å². The summed E-state index contributed by atoms with van der Waals surface area (Å²) in [6.07, 6.45) is 0.766. The van der Waals surface area contributed by atoms with Crippen molar-refractivity contribution >= 4 is 29.3 Å². The van der Waals surface area contributed by atoms with Gasteiger partial charge in [-0.2, -0.15) is 0 Å². The molecule has 0 saturated carbocycles. The maximum atomic E-state index is 11.1. The maximum Gasteiger partial charge on any atom is 0.321 e. The maximum absolute atomic E-state index is 11.1. The van der Waals surface area contributed by atoms with Crippen molar-refractivity contribution in [3.8, 4) is 11.5 Å². The largest absolute Gasteiger partial charge is 0.493 e. The van der Waals surface area contributed by atoms with Crippen LogP contribution >= 0.6 is 23.4 Å². The van der Waals surface area contributed by atoms with Crippen LogP contribution in [-0.4, -0.2) is 36.6 Å². The molecule has 1 aliphatic rings. The highest BCUT2D eigenvalue weighted by Gasteiger charge is 2.31. The number of carbonyl (C=O) groups is 1. The standard InChI is InChI=1S/C19H20ClNO4S/c1-24-16-10-13(18-21-15(11-26-18)19(22)23)9-14(20)17(16)25-8-7-12-5-3-2-4-6-12/h2-6,9-10,15,18,21H,7-8,11H2,1H3,(H,22,23).